The maximum Gasteiger partial charge on any atom is 0.258 e. The molecule has 10 heteroatoms. The molecule has 0 saturated heterocycles. The zero-order valence-electron chi connectivity index (χ0n) is 24.5. The number of halogens is 1. The second-order valence-electron chi connectivity index (χ2n) is 9.56. The molecule has 3 aromatic carbocycles. The highest BCUT2D eigenvalue weighted by Gasteiger charge is 2.49. The molecule has 4 rings (SSSR count). The van der Waals surface area contributed by atoms with Crippen LogP contribution in [0, 0.1) is 0 Å². The first-order valence-corrected chi connectivity index (χ1v) is 15.2. The van der Waals surface area contributed by atoms with Gasteiger partial charge in [-0.2, -0.15) is 0 Å². The molecule has 0 aromatic heterocycles. The summed E-state index contributed by atoms with van der Waals surface area (Å²) in [5.74, 6) is 2.90. The summed E-state index contributed by atoms with van der Waals surface area (Å²) in [6, 6.07) is 19.8. The number of hydrogen-bond donors (Lipinski definition) is 0. The van der Waals surface area contributed by atoms with Gasteiger partial charge in [0.15, 0.2) is 15.6 Å². The van der Waals surface area contributed by atoms with Crippen LogP contribution in [0.15, 0.2) is 65.6 Å². The molecule has 0 N–H and O–H groups in total. The number of methoxy groups -OCH3 is 3. The van der Waals surface area contributed by atoms with E-state index in [0.29, 0.717) is 18.1 Å². The van der Waals surface area contributed by atoms with E-state index in [9.17, 15) is 4.79 Å². The molecule has 0 radical (unpaired) electrons. The highest BCUT2D eigenvalue weighted by Crippen LogP contribution is 2.58. The highest BCUT2D eigenvalue weighted by molar-refractivity contribution is 8.18. The van der Waals surface area contributed by atoms with Gasteiger partial charge in [0.1, 0.15) is 11.5 Å². The summed E-state index contributed by atoms with van der Waals surface area (Å²) < 4.78 is 21.8. The van der Waals surface area contributed by atoms with E-state index in [1.807, 2.05) is 61.8 Å². The van der Waals surface area contributed by atoms with Gasteiger partial charge in [-0.25, -0.2) is 0 Å². The molecule has 1 unspecified atom stereocenters. The fourth-order valence-electron chi connectivity index (χ4n) is 4.76. The number of carbonyl (C=O) groups excluding carboxylic acids is 1. The van der Waals surface area contributed by atoms with Gasteiger partial charge in [-0.3, -0.25) is 4.79 Å². The molecule has 41 heavy (non-hydrogen) atoms. The van der Waals surface area contributed by atoms with Crippen LogP contribution in [0.3, 0.4) is 0 Å². The summed E-state index contributed by atoms with van der Waals surface area (Å²) in [4.78, 5) is 18.9. The molecule has 1 amide bonds. The smallest absolute Gasteiger partial charge is 0.258 e. The third kappa shape index (κ3) is 7.20. The molecule has 0 spiro atoms. The Morgan fingerprint density at radius 2 is 1.66 bits per heavy atom. The van der Waals surface area contributed by atoms with Crippen LogP contribution in [-0.2, 0) is 15.3 Å². The fourth-order valence-corrected chi connectivity index (χ4v) is 7.32. The number of nitrogens with zero attached hydrogens (tertiary/aromatic N) is 2. The second kappa shape index (κ2) is 15.0. The van der Waals surface area contributed by atoms with Crippen molar-refractivity contribution in [3.8, 4) is 23.0 Å². The number of anilines is 1. The third-order valence-electron chi connectivity index (χ3n) is 7.07. The van der Waals surface area contributed by atoms with Crippen molar-refractivity contribution in [1.29, 1.82) is 0 Å². The van der Waals surface area contributed by atoms with Gasteiger partial charge in [0, 0.05) is 30.6 Å². The Morgan fingerprint density at radius 3 is 2.37 bits per heavy atom. The first-order chi connectivity index (χ1) is 19.4. The standard InChI is InChI=1S/C31H38N2O5S2.ClH/c1-32(18-16-22-12-14-27(36-4)28(20-22)37-5)17-9-19-38-26-15-13-23(35-3)21-24(26)31(39-6)30(34)33(2)25-10-7-8-11-29(25)40-31;/h7-8,10-15,20-21H,9,16-19H2,1-6H3;1H. The second-order valence-corrected chi connectivity index (χ2v) is 12.1. The number of hydrogen-bond acceptors (Lipinski definition) is 8. The monoisotopic (exact) mass is 618 g/mol. The molecule has 7 nitrogen and oxygen atoms in total. The van der Waals surface area contributed by atoms with Gasteiger partial charge in [0.05, 0.1) is 33.6 Å². The van der Waals surface area contributed by atoms with E-state index in [4.69, 9.17) is 18.9 Å². The summed E-state index contributed by atoms with van der Waals surface area (Å²) in [6.45, 7) is 2.34. The molecule has 1 atom stereocenters. The molecule has 0 fully saturated rings. The van der Waals surface area contributed by atoms with Crippen LogP contribution in [0.5, 0.6) is 23.0 Å². The van der Waals surface area contributed by atoms with Gasteiger partial charge in [0.2, 0.25) is 0 Å². The van der Waals surface area contributed by atoms with Crippen LogP contribution in [0.4, 0.5) is 5.69 Å². The van der Waals surface area contributed by atoms with Gasteiger partial charge in [-0.1, -0.05) is 30.0 Å². The first-order valence-electron chi connectivity index (χ1n) is 13.2. The van der Waals surface area contributed by atoms with Crippen molar-refractivity contribution in [2.45, 2.75) is 21.8 Å². The van der Waals surface area contributed by atoms with Crippen LogP contribution in [0.2, 0.25) is 0 Å². The Balaban J connectivity index is 0.00000462. The maximum absolute atomic E-state index is 13.8. The van der Waals surface area contributed by atoms with Crippen LogP contribution in [-0.4, -0.2) is 72.2 Å². The van der Waals surface area contributed by atoms with Crippen molar-refractivity contribution in [1.82, 2.24) is 4.90 Å². The van der Waals surface area contributed by atoms with Crippen molar-refractivity contribution in [2.75, 3.05) is 66.3 Å². The maximum atomic E-state index is 13.8. The summed E-state index contributed by atoms with van der Waals surface area (Å²) in [5.41, 5.74) is 2.94. The molecular formula is C31H39ClN2O5S2. The number of fused-ring (bicyclic) bond motifs is 1. The van der Waals surface area contributed by atoms with Crippen molar-refractivity contribution >= 4 is 47.5 Å². The van der Waals surface area contributed by atoms with Gasteiger partial charge in [0.25, 0.3) is 5.91 Å². The molecule has 1 heterocycles. The fraction of sp³-hybridized carbons (Fsp3) is 0.387. The lowest BCUT2D eigenvalue weighted by Gasteiger charge is -2.40. The molecule has 3 aromatic rings. The number of carbonyl (C=O) groups is 1. The molecule has 1 aliphatic heterocycles. The molecular weight excluding hydrogens is 580 g/mol. The Labute approximate surface area is 258 Å². The Kier molecular flexibility index (Phi) is 12.0. The van der Waals surface area contributed by atoms with E-state index in [2.05, 4.69) is 24.1 Å². The van der Waals surface area contributed by atoms with Crippen molar-refractivity contribution in [3.63, 3.8) is 0 Å². The number of para-hydroxylation sites is 1. The average Bonchev–Trinajstić information content (AvgIpc) is 3.00. The summed E-state index contributed by atoms with van der Waals surface area (Å²) in [6.07, 6.45) is 3.73. The molecule has 0 bridgehead atoms. The van der Waals surface area contributed by atoms with Crippen LogP contribution in [0.1, 0.15) is 17.5 Å². The Bertz CT molecular complexity index is 1330. The van der Waals surface area contributed by atoms with Crippen molar-refractivity contribution in [2.24, 2.45) is 0 Å². The zero-order valence-corrected chi connectivity index (χ0v) is 26.9. The zero-order chi connectivity index (χ0) is 28.7. The number of benzene rings is 3. The summed E-state index contributed by atoms with van der Waals surface area (Å²) in [5, 5.41) is 0. The van der Waals surface area contributed by atoms with E-state index < -0.39 is 4.08 Å². The Morgan fingerprint density at radius 1 is 0.927 bits per heavy atom. The average molecular weight is 619 g/mol. The van der Waals surface area contributed by atoms with E-state index in [-0.39, 0.29) is 18.3 Å². The molecule has 222 valence electrons. The molecule has 0 aliphatic carbocycles. The van der Waals surface area contributed by atoms with Crippen LogP contribution >= 0.6 is 35.9 Å². The Hall–Kier alpha value is -2.72. The topological polar surface area (TPSA) is 60.5 Å². The van der Waals surface area contributed by atoms with Gasteiger partial charge >= 0.3 is 0 Å². The van der Waals surface area contributed by atoms with Crippen LogP contribution < -0.4 is 23.8 Å². The molecule has 0 saturated carbocycles. The number of rotatable bonds is 13. The third-order valence-corrected chi connectivity index (χ3v) is 10.0. The first kappa shape index (κ1) is 32.8. The van der Waals surface area contributed by atoms with Crippen molar-refractivity contribution < 1.29 is 23.7 Å². The minimum atomic E-state index is -0.886. The summed E-state index contributed by atoms with van der Waals surface area (Å²) >= 11 is 3.09. The lowest BCUT2D eigenvalue weighted by Crippen LogP contribution is -2.44. The molecule has 1 aliphatic rings. The van der Waals surface area contributed by atoms with E-state index in [1.54, 1.807) is 38.0 Å². The summed E-state index contributed by atoms with van der Waals surface area (Å²) in [7, 11) is 8.90. The quantitative estimate of drug-likeness (QED) is 0.205. The number of thioether (sulfide) groups is 2. The van der Waals surface area contributed by atoms with E-state index in [0.717, 1.165) is 53.6 Å². The van der Waals surface area contributed by atoms with Gasteiger partial charge < -0.3 is 28.7 Å². The normalized spacial score (nSPS) is 16.2. The van der Waals surface area contributed by atoms with E-state index >= 15 is 0 Å². The van der Waals surface area contributed by atoms with E-state index in [1.165, 1.54) is 17.3 Å². The van der Waals surface area contributed by atoms with Gasteiger partial charge in [-0.15, -0.1) is 24.2 Å². The van der Waals surface area contributed by atoms with Crippen molar-refractivity contribution in [3.05, 3.63) is 71.8 Å². The predicted octanol–water partition coefficient (Wildman–Crippen LogP) is 6.36. The number of ether oxygens (including phenoxy) is 4. The van der Waals surface area contributed by atoms with Crippen LogP contribution in [0.25, 0.3) is 0 Å². The lowest BCUT2D eigenvalue weighted by atomic mass is 10.1. The highest BCUT2D eigenvalue weighted by atomic mass is 35.5. The minimum absolute atomic E-state index is 0. The number of amides is 1. The predicted molar refractivity (Wildman–Crippen MR) is 172 cm³/mol. The largest absolute Gasteiger partial charge is 0.497 e. The van der Waals surface area contributed by atoms with Gasteiger partial charge in [-0.05, 0) is 74.2 Å². The lowest BCUT2D eigenvalue weighted by molar-refractivity contribution is -0.118. The number of likely N-dealkylation sites (N-methyl/N-ethyl adjacent to an activating group) is 2. The SMILES string of the molecule is COc1ccc(OCCCN(C)CCc2ccc(OC)c(OC)c2)c(C2(SC)Sc3ccccc3N(C)C2=O)c1.Cl. The minimum Gasteiger partial charge on any atom is -0.497 e.